The Morgan fingerprint density at radius 1 is 1.30 bits per heavy atom. The standard InChI is InChI=1S/C12H9ClN4O2S/c1-20(18,19)12-16-10(8(6-14)11(15)17-12)7-4-2-3-5-9(7)13/h2-5H,1H3,(H2,15,16,17). The summed E-state index contributed by atoms with van der Waals surface area (Å²) in [5, 5.41) is 9.04. The largest absolute Gasteiger partial charge is 0.382 e. The molecule has 0 fully saturated rings. The van der Waals surface area contributed by atoms with E-state index in [9.17, 15) is 8.42 Å². The molecule has 0 aliphatic heterocycles. The Balaban J connectivity index is 2.85. The first-order valence-corrected chi connectivity index (χ1v) is 7.64. The van der Waals surface area contributed by atoms with Gasteiger partial charge in [0.05, 0.1) is 10.7 Å². The highest BCUT2D eigenvalue weighted by atomic mass is 35.5. The number of rotatable bonds is 2. The Morgan fingerprint density at radius 3 is 2.50 bits per heavy atom. The van der Waals surface area contributed by atoms with Crippen molar-refractivity contribution in [3.8, 4) is 17.3 Å². The minimum absolute atomic E-state index is 0.00880. The first-order valence-electron chi connectivity index (χ1n) is 5.37. The number of anilines is 1. The number of nitrogens with two attached hydrogens (primary N) is 1. The van der Waals surface area contributed by atoms with Crippen LogP contribution in [-0.2, 0) is 9.84 Å². The highest BCUT2D eigenvalue weighted by Crippen LogP contribution is 2.30. The number of benzene rings is 1. The van der Waals surface area contributed by atoms with Gasteiger partial charge in [0.2, 0.25) is 15.0 Å². The number of hydrogen-bond acceptors (Lipinski definition) is 6. The SMILES string of the molecule is CS(=O)(=O)c1nc(N)c(C#N)c(-c2ccccc2Cl)n1. The van der Waals surface area contributed by atoms with E-state index in [1.54, 1.807) is 24.3 Å². The van der Waals surface area contributed by atoms with E-state index < -0.39 is 15.0 Å². The van der Waals surface area contributed by atoms with Gasteiger partial charge in [-0.15, -0.1) is 0 Å². The molecule has 2 aromatic rings. The first kappa shape index (κ1) is 14.2. The third kappa shape index (κ3) is 2.57. The van der Waals surface area contributed by atoms with Crippen LogP contribution in [0, 0.1) is 11.3 Å². The van der Waals surface area contributed by atoms with Crippen molar-refractivity contribution in [3.05, 3.63) is 34.9 Å². The molecule has 0 bridgehead atoms. The minimum Gasteiger partial charge on any atom is -0.382 e. The molecule has 102 valence electrons. The Hall–Kier alpha value is -2.17. The third-order valence-corrected chi connectivity index (χ3v) is 3.66. The molecule has 8 heteroatoms. The zero-order valence-corrected chi connectivity index (χ0v) is 11.9. The third-order valence-electron chi connectivity index (χ3n) is 2.49. The highest BCUT2D eigenvalue weighted by molar-refractivity contribution is 7.90. The Morgan fingerprint density at radius 2 is 1.95 bits per heavy atom. The van der Waals surface area contributed by atoms with Crippen LogP contribution in [0.25, 0.3) is 11.3 Å². The van der Waals surface area contributed by atoms with Crippen molar-refractivity contribution in [3.63, 3.8) is 0 Å². The molecule has 0 radical (unpaired) electrons. The van der Waals surface area contributed by atoms with Gasteiger partial charge in [0, 0.05) is 11.8 Å². The number of nitrogens with zero attached hydrogens (tertiary/aromatic N) is 3. The molecule has 1 heterocycles. The van der Waals surface area contributed by atoms with Crippen molar-refractivity contribution in [1.29, 1.82) is 5.26 Å². The van der Waals surface area contributed by atoms with Crippen LogP contribution in [0.4, 0.5) is 5.82 Å². The van der Waals surface area contributed by atoms with E-state index in [4.69, 9.17) is 22.6 Å². The number of nitriles is 1. The van der Waals surface area contributed by atoms with E-state index in [0.29, 0.717) is 10.6 Å². The van der Waals surface area contributed by atoms with Crippen molar-refractivity contribution in [1.82, 2.24) is 9.97 Å². The van der Waals surface area contributed by atoms with Gasteiger partial charge in [0.25, 0.3) is 0 Å². The van der Waals surface area contributed by atoms with E-state index in [1.165, 1.54) is 0 Å². The van der Waals surface area contributed by atoms with Gasteiger partial charge in [-0.2, -0.15) is 10.2 Å². The van der Waals surface area contributed by atoms with Crippen molar-refractivity contribution < 1.29 is 8.42 Å². The Kier molecular flexibility index (Phi) is 3.61. The smallest absolute Gasteiger partial charge is 0.249 e. The van der Waals surface area contributed by atoms with E-state index in [1.807, 2.05) is 6.07 Å². The molecule has 0 aliphatic rings. The zero-order valence-electron chi connectivity index (χ0n) is 10.3. The molecule has 0 saturated carbocycles. The fourth-order valence-corrected chi connectivity index (χ4v) is 2.33. The molecule has 2 rings (SSSR count). The van der Waals surface area contributed by atoms with E-state index >= 15 is 0 Å². The molecule has 0 aliphatic carbocycles. The lowest BCUT2D eigenvalue weighted by Crippen LogP contribution is -2.10. The number of sulfone groups is 1. The van der Waals surface area contributed by atoms with Crippen LogP contribution in [0.2, 0.25) is 5.02 Å². The molecular formula is C12H9ClN4O2S. The van der Waals surface area contributed by atoms with Crippen molar-refractivity contribution in [2.75, 3.05) is 12.0 Å². The molecule has 0 spiro atoms. The Labute approximate surface area is 120 Å². The molecular weight excluding hydrogens is 300 g/mol. The second kappa shape index (κ2) is 5.07. The van der Waals surface area contributed by atoms with Crippen LogP contribution in [0.1, 0.15) is 5.56 Å². The normalized spacial score (nSPS) is 11.1. The van der Waals surface area contributed by atoms with Crippen LogP contribution in [0.3, 0.4) is 0 Å². The van der Waals surface area contributed by atoms with Crippen molar-refractivity contribution in [2.45, 2.75) is 5.16 Å². The summed E-state index contributed by atoms with van der Waals surface area (Å²) in [7, 11) is -3.65. The summed E-state index contributed by atoms with van der Waals surface area (Å²) in [5.41, 5.74) is 6.15. The van der Waals surface area contributed by atoms with Crippen LogP contribution >= 0.6 is 11.6 Å². The molecule has 0 saturated heterocycles. The minimum atomic E-state index is -3.65. The number of nitrogen functional groups attached to an aromatic ring is 1. The predicted octanol–water partition coefficient (Wildman–Crippen LogP) is 1.65. The molecule has 6 nitrogen and oxygen atoms in total. The highest BCUT2D eigenvalue weighted by Gasteiger charge is 2.20. The summed E-state index contributed by atoms with van der Waals surface area (Å²) in [6.45, 7) is 0. The summed E-state index contributed by atoms with van der Waals surface area (Å²) in [6.07, 6.45) is 0.963. The summed E-state index contributed by atoms with van der Waals surface area (Å²) in [4.78, 5) is 7.56. The van der Waals surface area contributed by atoms with E-state index in [2.05, 4.69) is 9.97 Å². The summed E-state index contributed by atoms with van der Waals surface area (Å²) in [5.74, 6) is -0.196. The topological polar surface area (TPSA) is 110 Å². The molecule has 1 aromatic heterocycles. The van der Waals surface area contributed by atoms with Gasteiger partial charge in [-0.1, -0.05) is 29.8 Å². The average molecular weight is 309 g/mol. The van der Waals surface area contributed by atoms with E-state index in [-0.39, 0.29) is 17.1 Å². The molecule has 0 unspecified atom stereocenters. The fourth-order valence-electron chi connectivity index (χ4n) is 1.58. The lowest BCUT2D eigenvalue weighted by Gasteiger charge is -2.09. The molecule has 0 amide bonds. The summed E-state index contributed by atoms with van der Waals surface area (Å²) in [6, 6.07) is 8.50. The molecule has 20 heavy (non-hydrogen) atoms. The maximum absolute atomic E-state index is 11.6. The number of aromatic nitrogens is 2. The number of halogens is 1. The van der Waals surface area contributed by atoms with Crippen LogP contribution in [0.5, 0.6) is 0 Å². The summed E-state index contributed by atoms with van der Waals surface area (Å²) >= 11 is 6.05. The second-order valence-electron chi connectivity index (χ2n) is 3.98. The van der Waals surface area contributed by atoms with Crippen molar-refractivity contribution >= 4 is 27.3 Å². The van der Waals surface area contributed by atoms with Gasteiger partial charge in [0.1, 0.15) is 17.5 Å². The van der Waals surface area contributed by atoms with Crippen molar-refractivity contribution in [2.24, 2.45) is 0 Å². The van der Waals surface area contributed by atoms with Gasteiger partial charge < -0.3 is 5.73 Å². The average Bonchev–Trinajstić information content (AvgIpc) is 2.37. The van der Waals surface area contributed by atoms with Gasteiger partial charge >= 0.3 is 0 Å². The quantitative estimate of drug-likeness (QED) is 0.845. The fraction of sp³-hybridized carbons (Fsp3) is 0.0833. The van der Waals surface area contributed by atoms with Gasteiger partial charge in [0.15, 0.2) is 0 Å². The lowest BCUT2D eigenvalue weighted by atomic mass is 10.1. The molecule has 1 aromatic carbocycles. The Bertz CT molecular complexity index is 828. The second-order valence-corrected chi connectivity index (χ2v) is 6.30. The lowest BCUT2D eigenvalue weighted by molar-refractivity contribution is 0.593. The number of hydrogen-bond donors (Lipinski definition) is 1. The van der Waals surface area contributed by atoms with Gasteiger partial charge in [-0.25, -0.2) is 13.4 Å². The molecule has 0 atom stereocenters. The maximum Gasteiger partial charge on any atom is 0.249 e. The summed E-state index contributed by atoms with van der Waals surface area (Å²) < 4.78 is 23.1. The first-order chi connectivity index (χ1) is 9.34. The van der Waals surface area contributed by atoms with Crippen LogP contribution in [0.15, 0.2) is 29.4 Å². The van der Waals surface area contributed by atoms with Crippen LogP contribution < -0.4 is 5.73 Å². The van der Waals surface area contributed by atoms with Gasteiger partial charge in [-0.3, -0.25) is 0 Å². The molecule has 2 N–H and O–H groups in total. The zero-order chi connectivity index (χ0) is 14.9. The predicted molar refractivity (Wildman–Crippen MR) is 74.7 cm³/mol. The van der Waals surface area contributed by atoms with Gasteiger partial charge in [-0.05, 0) is 6.07 Å². The van der Waals surface area contributed by atoms with Crippen LogP contribution in [-0.4, -0.2) is 24.6 Å². The van der Waals surface area contributed by atoms with E-state index in [0.717, 1.165) is 6.26 Å². The maximum atomic E-state index is 11.6. The monoisotopic (exact) mass is 308 g/mol.